The average molecular weight is 336 g/mol. The molecule has 5 nitrogen and oxygen atoms in total. The van der Waals surface area contributed by atoms with Crippen LogP contribution < -0.4 is 4.74 Å². The van der Waals surface area contributed by atoms with E-state index in [1.807, 2.05) is 66.1 Å². The summed E-state index contributed by atoms with van der Waals surface area (Å²) in [6.07, 6.45) is 0. The third-order valence-corrected chi connectivity index (χ3v) is 4.37. The van der Waals surface area contributed by atoms with E-state index in [1.165, 1.54) is 11.8 Å². The summed E-state index contributed by atoms with van der Waals surface area (Å²) >= 11 is 1.39. The summed E-state index contributed by atoms with van der Waals surface area (Å²) in [7, 11) is 1.64. The van der Waals surface area contributed by atoms with Crippen LogP contribution in [0.15, 0.2) is 59.8 Å². The molecule has 0 N–H and O–H groups in total. The largest absolute Gasteiger partial charge is 0.497 e. The highest BCUT2D eigenvalue weighted by atomic mass is 32.2. The van der Waals surface area contributed by atoms with Crippen LogP contribution in [0, 0.1) is 11.3 Å². The lowest BCUT2D eigenvalue weighted by molar-refractivity contribution is 0.415. The Bertz CT molecular complexity index is 870. The van der Waals surface area contributed by atoms with Gasteiger partial charge in [-0.3, -0.25) is 4.57 Å². The van der Waals surface area contributed by atoms with Crippen LogP contribution in [0.5, 0.6) is 5.75 Å². The predicted octanol–water partition coefficient (Wildman–Crippen LogP) is 3.95. The van der Waals surface area contributed by atoms with Crippen molar-refractivity contribution in [3.63, 3.8) is 0 Å². The minimum atomic E-state index is -0.213. The molecule has 0 saturated carbocycles. The lowest BCUT2D eigenvalue weighted by Gasteiger charge is -2.11. The molecule has 1 heterocycles. The molecule has 0 saturated heterocycles. The molecule has 0 amide bonds. The number of benzene rings is 2. The van der Waals surface area contributed by atoms with Gasteiger partial charge in [0.2, 0.25) is 0 Å². The maximum atomic E-state index is 9.10. The smallest absolute Gasteiger partial charge is 0.197 e. The van der Waals surface area contributed by atoms with Gasteiger partial charge in [-0.25, -0.2) is 0 Å². The molecule has 120 valence electrons. The van der Waals surface area contributed by atoms with E-state index in [9.17, 15) is 0 Å². The first-order chi connectivity index (χ1) is 11.7. The first-order valence-corrected chi connectivity index (χ1v) is 8.32. The second-order valence-corrected chi connectivity index (χ2v) is 6.41. The SMILES string of the molecule is COc1cccc(-c2nnc(SC(C)C#N)n2-c2ccccc2)c1. The van der Waals surface area contributed by atoms with Crippen LogP contribution in [0.1, 0.15) is 6.92 Å². The van der Waals surface area contributed by atoms with Crippen molar-refractivity contribution < 1.29 is 4.74 Å². The summed E-state index contributed by atoms with van der Waals surface area (Å²) in [4.78, 5) is 0. The lowest BCUT2D eigenvalue weighted by atomic mass is 10.2. The van der Waals surface area contributed by atoms with Crippen LogP contribution in [0.2, 0.25) is 0 Å². The molecule has 0 aliphatic heterocycles. The summed E-state index contributed by atoms with van der Waals surface area (Å²) in [6.45, 7) is 1.85. The third kappa shape index (κ3) is 3.26. The Morgan fingerprint density at radius 1 is 1.12 bits per heavy atom. The number of nitrogens with zero attached hydrogens (tertiary/aromatic N) is 4. The Hall–Kier alpha value is -2.78. The van der Waals surface area contributed by atoms with Crippen molar-refractivity contribution >= 4 is 11.8 Å². The Labute approximate surface area is 144 Å². The normalized spacial score (nSPS) is 11.7. The van der Waals surface area contributed by atoms with Gasteiger partial charge in [0.25, 0.3) is 0 Å². The number of rotatable bonds is 5. The Morgan fingerprint density at radius 3 is 2.62 bits per heavy atom. The second-order valence-electron chi connectivity index (χ2n) is 5.10. The van der Waals surface area contributed by atoms with Gasteiger partial charge in [-0.05, 0) is 31.2 Å². The molecule has 1 atom stereocenters. The molecule has 0 aliphatic carbocycles. The quantitative estimate of drug-likeness (QED) is 0.660. The molecule has 6 heteroatoms. The van der Waals surface area contributed by atoms with Crippen molar-refractivity contribution in [3.05, 3.63) is 54.6 Å². The minimum Gasteiger partial charge on any atom is -0.497 e. The highest BCUT2D eigenvalue weighted by Gasteiger charge is 2.18. The molecule has 1 aromatic heterocycles. The van der Waals surface area contributed by atoms with E-state index in [2.05, 4.69) is 16.3 Å². The van der Waals surface area contributed by atoms with E-state index in [0.717, 1.165) is 17.0 Å². The summed E-state index contributed by atoms with van der Waals surface area (Å²) in [5, 5.41) is 18.2. The van der Waals surface area contributed by atoms with Crippen molar-refractivity contribution in [2.75, 3.05) is 7.11 Å². The van der Waals surface area contributed by atoms with Crippen LogP contribution in [-0.2, 0) is 0 Å². The molecular weight excluding hydrogens is 320 g/mol. The Morgan fingerprint density at radius 2 is 1.92 bits per heavy atom. The maximum absolute atomic E-state index is 9.10. The third-order valence-electron chi connectivity index (χ3n) is 3.44. The molecule has 1 unspecified atom stereocenters. The van der Waals surface area contributed by atoms with E-state index >= 15 is 0 Å². The van der Waals surface area contributed by atoms with E-state index in [4.69, 9.17) is 10.00 Å². The summed E-state index contributed by atoms with van der Waals surface area (Å²) in [6, 6.07) is 19.8. The number of nitriles is 1. The van der Waals surface area contributed by atoms with E-state index < -0.39 is 0 Å². The van der Waals surface area contributed by atoms with Gasteiger partial charge < -0.3 is 4.74 Å². The van der Waals surface area contributed by atoms with E-state index in [-0.39, 0.29) is 5.25 Å². The fourth-order valence-corrected chi connectivity index (χ4v) is 3.04. The standard InChI is InChI=1S/C18H16N4OS/c1-13(12-19)24-18-21-20-17(14-7-6-10-16(11-14)23-2)22(18)15-8-4-3-5-9-15/h3-11,13H,1-2H3. The second kappa shape index (κ2) is 7.20. The first kappa shape index (κ1) is 16.1. The summed E-state index contributed by atoms with van der Waals surface area (Å²) in [5.74, 6) is 1.47. The summed E-state index contributed by atoms with van der Waals surface area (Å²) in [5.41, 5.74) is 1.86. The van der Waals surface area contributed by atoms with Gasteiger partial charge in [0.15, 0.2) is 11.0 Å². The molecule has 0 aliphatic rings. The molecular formula is C18H16N4OS. The first-order valence-electron chi connectivity index (χ1n) is 7.44. The van der Waals surface area contributed by atoms with Gasteiger partial charge in [-0.1, -0.05) is 42.1 Å². The van der Waals surface area contributed by atoms with Crippen LogP contribution >= 0.6 is 11.8 Å². The molecule has 24 heavy (non-hydrogen) atoms. The number of ether oxygens (including phenoxy) is 1. The van der Waals surface area contributed by atoms with Crippen molar-refractivity contribution in [2.45, 2.75) is 17.3 Å². The zero-order chi connectivity index (χ0) is 16.9. The molecule has 0 bridgehead atoms. The highest BCUT2D eigenvalue weighted by Crippen LogP contribution is 2.31. The highest BCUT2D eigenvalue weighted by molar-refractivity contribution is 8.00. The fourth-order valence-electron chi connectivity index (χ4n) is 2.29. The monoisotopic (exact) mass is 336 g/mol. The Balaban J connectivity index is 2.14. The molecule has 2 aromatic carbocycles. The van der Waals surface area contributed by atoms with Gasteiger partial charge in [-0.15, -0.1) is 10.2 Å². The van der Waals surface area contributed by atoms with Gasteiger partial charge >= 0.3 is 0 Å². The van der Waals surface area contributed by atoms with Crippen LogP contribution in [0.25, 0.3) is 17.1 Å². The molecule has 3 rings (SSSR count). The lowest BCUT2D eigenvalue weighted by Crippen LogP contribution is -2.01. The minimum absolute atomic E-state index is 0.213. The number of hydrogen-bond donors (Lipinski definition) is 0. The predicted molar refractivity (Wildman–Crippen MR) is 94.3 cm³/mol. The zero-order valence-corrected chi connectivity index (χ0v) is 14.2. The van der Waals surface area contributed by atoms with Crippen LogP contribution in [0.3, 0.4) is 0 Å². The van der Waals surface area contributed by atoms with Crippen LogP contribution in [0.4, 0.5) is 0 Å². The van der Waals surface area contributed by atoms with Gasteiger partial charge in [0, 0.05) is 11.3 Å². The molecule has 0 fully saturated rings. The van der Waals surface area contributed by atoms with Crippen molar-refractivity contribution in [1.29, 1.82) is 5.26 Å². The van der Waals surface area contributed by atoms with E-state index in [0.29, 0.717) is 11.0 Å². The topological polar surface area (TPSA) is 63.7 Å². The molecule has 0 radical (unpaired) electrons. The number of methoxy groups -OCH3 is 1. The number of para-hydroxylation sites is 1. The van der Waals surface area contributed by atoms with E-state index in [1.54, 1.807) is 7.11 Å². The van der Waals surface area contributed by atoms with Gasteiger partial charge in [0.1, 0.15) is 5.75 Å². The molecule has 0 spiro atoms. The number of hydrogen-bond acceptors (Lipinski definition) is 5. The fraction of sp³-hybridized carbons (Fsp3) is 0.167. The maximum Gasteiger partial charge on any atom is 0.197 e. The van der Waals surface area contributed by atoms with Crippen molar-refractivity contribution in [1.82, 2.24) is 14.8 Å². The average Bonchev–Trinajstić information content (AvgIpc) is 3.05. The Kier molecular flexibility index (Phi) is 4.82. The number of thioether (sulfide) groups is 1. The van der Waals surface area contributed by atoms with Gasteiger partial charge in [-0.2, -0.15) is 5.26 Å². The zero-order valence-electron chi connectivity index (χ0n) is 13.4. The van der Waals surface area contributed by atoms with Crippen molar-refractivity contribution in [2.24, 2.45) is 0 Å². The molecule has 3 aromatic rings. The summed E-state index contributed by atoms with van der Waals surface area (Å²) < 4.78 is 7.27. The van der Waals surface area contributed by atoms with Crippen LogP contribution in [-0.4, -0.2) is 27.1 Å². The van der Waals surface area contributed by atoms with Crippen molar-refractivity contribution in [3.8, 4) is 28.9 Å². The van der Waals surface area contributed by atoms with Gasteiger partial charge in [0.05, 0.1) is 18.4 Å². The number of aromatic nitrogens is 3.